The number of ether oxygens (including phenoxy) is 1. The lowest BCUT2D eigenvalue weighted by Crippen LogP contribution is -2.52. The van der Waals surface area contributed by atoms with Crippen LogP contribution in [0, 0.1) is 28.6 Å². The van der Waals surface area contributed by atoms with Crippen molar-refractivity contribution in [3.8, 4) is 0 Å². The first-order valence-electron chi connectivity index (χ1n) is 8.62. The molecule has 0 amide bonds. The summed E-state index contributed by atoms with van der Waals surface area (Å²) in [6, 6.07) is 0. The molecule has 20 heavy (non-hydrogen) atoms. The summed E-state index contributed by atoms with van der Waals surface area (Å²) in [6.07, 6.45) is 8.97. The van der Waals surface area contributed by atoms with Gasteiger partial charge in [0, 0.05) is 6.61 Å². The van der Waals surface area contributed by atoms with Gasteiger partial charge in [-0.3, -0.25) is 0 Å². The molecule has 4 fully saturated rings. The zero-order chi connectivity index (χ0) is 14.4. The fraction of sp³-hybridized carbons (Fsp3) is 1.00. The molecule has 0 heterocycles. The summed E-state index contributed by atoms with van der Waals surface area (Å²) in [6.45, 7) is 8.07. The Labute approximate surface area is 124 Å². The van der Waals surface area contributed by atoms with Gasteiger partial charge in [0.05, 0.1) is 12.7 Å². The van der Waals surface area contributed by atoms with Crippen LogP contribution in [0.5, 0.6) is 0 Å². The molecule has 0 spiro atoms. The predicted octanol–water partition coefficient (Wildman–Crippen LogP) is 4.02. The summed E-state index contributed by atoms with van der Waals surface area (Å²) in [5, 5.41) is 10.7. The van der Waals surface area contributed by atoms with Crippen molar-refractivity contribution in [1.29, 1.82) is 0 Å². The highest BCUT2D eigenvalue weighted by Crippen LogP contribution is 2.61. The molecule has 0 aromatic carbocycles. The van der Waals surface area contributed by atoms with Crippen molar-refractivity contribution in [3.05, 3.63) is 0 Å². The largest absolute Gasteiger partial charge is 0.390 e. The fourth-order valence-electron chi connectivity index (χ4n) is 5.34. The highest BCUT2D eigenvalue weighted by molar-refractivity contribution is 5.04. The number of aliphatic hydroxyl groups is 1. The lowest BCUT2D eigenvalue weighted by atomic mass is 9.48. The average Bonchev–Trinajstić information content (AvgIpc) is 2.31. The smallest absolute Gasteiger partial charge is 0.0829 e. The first-order chi connectivity index (χ1) is 9.36. The van der Waals surface area contributed by atoms with E-state index in [9.17, 15) is 5.11 Å². The minimum absolute atomic E-state index is 0.219. The molecular formula is C18H32O2. The molecule has 1 atom stereocenters. The normalized spacial score (nSPS) is 41.1. The highest BCUT2D eigenvalue weighted by atomic mass is 16.5. The monoisotopic (exact) mass is 280 g/mol. The second-order valence-electron chi connectivity index (χ2n) is 9.18. The molecule has 0 radical (unpaired) electrons. The van der Waals surface area contributed by atoms with Crippen molar-refractivity contribution in [2.24, 2.45) is 28.6 Å². The highest BCUT2D eigenvalue weighted by Gasteiger charge is 2.53. The van der Waals surface area contributed by atoms with E-state index < -0.39 is 0 Å². The molecule has 1 N–H and O–H groups in total. The number of aliphatic hydroxyl groups excluding tert-OH is 1. The van der Waals surface area contributed by atoms with Crippen molar-refractivity contribution >= 4 is 0 Å². The van der Waals surface area contributed by atoms with Gasteiger partial charge in [-0.15, -0.1) is 0 Å². The van der Waals surface area contributed by atoms with Gasteiger partial charge in [0.2, 0.25) is 0 Å². The minimum atomic E-state index is -0.226. The van der Waals surface area contributed by atoms with Gasteiger partial charge in [-0.05, 0) is 73.5 Å². The topological polar surface area (TPSA) is 29.5 Å². The maximum atomic E-state index is 10.7. The maximum Gasteiger partial charge on any atom is 0.0829 e. The van der Waals surface area contributed by atoms with Crippen LogP contribution in [0.3, 0.4) is 0 Å². The third-order valence-electron chi connectivity index (χ3n) is 6.06. The van der Waals surface area contributed by atoms with E-state index in [1.54, 1.807) is 0 Å². The van der Waals surface area contributed by atoms with Gasteiger partial charge in [0.1, 0.15) is 0 Å². The van der Waals surface area contributed by atoms with Crippen LogP contribution in [0.2, 0.25) is 0 Å². The summed E-state index contributed by atoms with van der Waals surface area (Å²) < 4.78 is 5.81. The van der Waals surface area contributed by atoms with Crippen LogP contribution in [-0.2, 0) is 4.74 Å². The van der Waals surface area contributed by atoms with Crippen molar-refractivity contribution in [2.75, 3.05) is 13.2 Å². The second-order valence-corrected chi connectivity index (χ2v) is 9.18. The Morgan fingerprint density at radius 3 is 2.00 bits per heavy atom. The molecule has 0 saturated heterocycles. The van der Waals surface area contributed by atoms with Crippen LogP contribution in [0.25, 0.3) is 0 Å². The van der Waals surface area contributed by atoms with Gasteiger partial charge in [-0.2, -0.15) is 0 Å². The lowest BCUT2D eigenvalue weighted by molar-refractivity contribution is -0.140. The van der Waals surface area contributed by atoms with Crippen molar-refractivity contribution in [2.45, 2.75) is 71.8 Å². The summed E-state index contributed by atoms with van der Waals surface area (Å²) >= 11 is 0. The van der Waals surface area contributed by atoms with Gasteiger partial charge in [0.25, 0.3) is 0 Å². The molecule has 1 unspecified atom stereocenters. The average molecular weight is 280 g/mol. The SMILES string of the molecule is CC(C)(C)CCOCC(O)C12CC3CC(CC(C3)C1)C2. The lowest BCUT2D eigenvalue weighted by Gasteiger charge is -2.58. The molecule has 4 saturated carbocycles. The van der Waals surface area contributed by atoms with Crippen LogP contribution in [0.1, 0.15) is 65.7 Å². The molecular weight excluding hydrogens is 248 g/mol. The fourth-order valence-corrected chi connectivity index (χ4v) is 5.34. The summed E-state index contributed by atoms with van der Waals surface area (Å²) in [5.41, 5.74) is 0.544. The molecule has 0 aliphatic heterocycles. The Kier molecular flexibility index (Phi) is 3.92. The van der Waals surface area contributed by atoms with Crippen LogP contribution in [0.15, 0.2) is 0 Å². The summed E-state index contributed by atoms with van der Waals surface area (Å²) in [5.74, 6) is 2.72. The van der Waals surface area contributed by atoms with E-state index in [2.05, 4.69) is 20.8 Å². The van der Waals surface area contributed by atoms with E-state index >= 15 is 0 Å². The third-order valence-corrected chi connectivity index (χ3v) is 6.06. The van der Waals surface area contributed by atoms with E-state index in [0.717, 1.165) is 30.8 Å². The zero-order valence-electron chi connectivity index (χ0n) is 13.5. The Bertz CT molecular complexity index is 307. The summed E-state index contributed by atoms with van der Waals surface area (Å²) in [4.78, 5) is 0. The van der Waals surface area contributed by atoms with E-state index in [1.165, 1.54) is 38.5 Å². The molecule has 2 heteroatoms. The Morgan fingerprint density at radius 2 is 1.55 bits per heavy atom. The Morgan fingerprint density at radius 1 is 1.05 bits per heavy atom. The van der Waals surface area contributed by atoms with Crippen molar-refractivity contribution in [3.63, 3.8) is 0 Å². The van der Waals surface area contributed by atoms with Crippen LogP contribution >= 0.6 is 0 Å². The predicted molar refractivity (Wildman–Crippen MR) is 81.5 cm³/mol. The zero-order valence-corrected chi connectivity index (χ0v) is 13.5. The van der Waals surface area contributed by atoms with E-state index in [4.69, 9.17) is 4.74 Å². The van der Waals surface area contributed by atoms with Crippen molar-refractivity contribution < 1.29 is 9.84 Å². The summed E-state index contributed by atoms with van der Waals surface area (Å²) in [7, 11) is 0. The van der Waals surface area contributed by atoms with Crippen LogP contribution < -0.4 is 0 Å². The van der Waals surface area contributed by atoms with Gasteiger partial charge in [-0.25, -0.2) is 0 Å². The minimum Gasteiger partial charge on any atom is -0.390 e. The molecule has 4 rings (SSSR count). The van der Waals surface area contributed by atoms with E-state index in [1.807, 2.05) is 0 Å². The molecule has 2 nitrogen and oxygen atoms in total. The number of hydrogen-bond donors (Lipinski definition) is 1. The van der Waals surface area contributed by atoms with Gasteiger partial charge < -0.3 is 9.84 Å². The van der Waals surface area contributed by atoms with E-state index in [0.29, 0.717) is 12.0 Å². The Balaban J connectivity index is 1.51. The second kappa shape index (κ2) is 5.28. The molecule has 116 valence electrons. The molecule has 4 bridgehead atoms. The molecule has 4 aliphatic carbocycles. The Hall–Kier alpha value is -0.0800. The van der Waals surface area contributed by atoms with Crippen LogP contribution in [0.4, 0.5) is 0 Å². The standard InChI is InChI=1S/C18H32O2/c1-17(2,3)4-5-20-12-16(19)18-9-13-6-14(10-18)8-15(7-13)11-18/h13-16,19H,4-12H2,1-3H3. The molecule has 0 aromatic rings. The van der Waals surface area contributed by atoms with Gasteiger partial charge in [-0.1, -0.05) is 20.8 Å². The van der Waals surface area contributed by atoms with Crippen molar-refractivity contribution in [1.82, 2.24) is 0 Å². The third kappa shape index (κ3) is 3.06. The number of rotatable bonds is 5. The van der Waals surface area contributed by atoms with E-state index in [-0.39, 0.29) is 11.5 Å². The van der Waals surface area contributed by atoms with Crippen LogP contribution in [-0.4, -0.2) is 24.4 Å². The first-order valence-corrected chi connectivity index (χ1v) is 8.62. The van der Waals surface area contributed by atoms with Gasteiger partial charge in [0.15, 0.2) is 0 Å². The maximum absolute atomic E-state index is 10.7. The first kappa shape index (κ1) is 14.8. The molecule has 4 aliphatic rings. The quantitative estimate of drug-likeness (QED) is 0.771. The van der Waals surface area contributed by atoms with Gasteiger partial charge >= 0.3 is 0 Å². The molecule has 0 aromatic heterocycles. The number of hydrogen-bond acceptors (Lipinski definition) is 2.